The molecule has 1 aliphatic heterocycles. The molecule has 0 bridgehead atoms. The van der Waals surface area contributed by atoms with Gasteiger partial charge in [-0.15, -0.1) is 0 Å². The largest absolute Gasteiger partial charge is 0.492 e. The van der Waals surface area contributed by atoms with Crippen molar-refractivity contribution in [2.45, 2.75) is 38.0 Å². The first-order valence-electron chi connectivity index (χ1n) is 13.3. The van der Waals surface area contributed by atoms with E-state index in [0.717, 1.165) is 12.1 Å². The van der Waals surface area contributed by atoms with Crippen LogP contribution in [0, 0.1) is 35.2 Å². The number of H-pyrrole nitrogens is 1. The molecule has 3 aromatic rings. The Bertz CT molecular complexity index is 1300. The number of benzene rings is 2. The number of likely N-dealkylation sites (tertiary alicyclic amines) is 1. The lowest BCUT2D eigenvalue weighted by atomic mass is 9.67. The molecule has 39 heavy (non-hydrogen) atoms. The van der Waals surface area contributed by atoms with Gasteiger partial charge >= 0.3 is 0 Å². The maximum absolute atomic E-state index is 15.7. The molecule has 1 fully saturated rings. The summed E-state index contributed by atoms with van der Waals surface area (Å²) in [6, 6.07) is 6.40. The second-order valence-electron chi connectivity index (χ2n) is 11.0. The van der Waals surface area contributed by atoms with Crippen LogP contribution in [0.2, 0.25) is 0 Å². The molecule has 2 heterocycles. The van der Waals surface area contributed by atoms with E-state index in [1.165, 1.54) is 12.1 Å². The number of aromatic amines is 1. The fourth-order valence-corrected chi connectivity index (χ4v) is 6.20. The van der Waals surface area contributed by atoms with Gasteiger partial charge in [-0.3, -0.25) is 9.29 Å². The van der Waals surface area contributed by atoms with Crippen LogP contribution in [0.1, 0.15) is 42.5 Å². The predicted octanol–water partition coefficient (Wildman–Crippen LogP) is 6.21. The van der Waals surface area contributed by atoms with E-state index in [2.05, 4.69) is 4.98 Å². The minimum Gasteiger partial charge on any atom is -0.492 e. The summed E-state index contributed by atoms with van der Waals surface area (Å²) in [6.45, 7) is 2.07. The monoisotopic (exact) mass is 554 g/mol. The second kappa shape index (κ2) is 11.0. The summed E-state index contributed by atoms with van der Waals surface area (Å²) in [4.78, 5) is 5.18. The number of alkyl halides is 3. The summed E-state index contributed by atoms with van der Waals surface area (Å²) in [5.41, 5.74) is 1.54. The molecule has 0 saturated carbocycles. The van der Waals surface area contributed by atoms with Crippen LogP contribution in [-0.2, 0) is 6.42 Å². The van der Waals surface area contributed by atoms with Crippen LogP contribution >= 0.6 is 0 Å². The summed E-state index contributed by atoms with van der Waals surface area (Å²) in [5.74, 6) is -7.21. The van der Waals surface area contributed by atoms with Gasteiger partial charge in [-0.05, 0) is 48.4 Å². The quantitative estimate of drug-likeness (QED) is 0.293. The number of aromatic nitrogens is 1. The standard InChI is InChI=1S/C29H32F6N2O2/c1-16-8-22-21-9-18(31)2-3-25(21)36-28(22)26(20(16)4-5-29(34,35)15-38)27-23(32)10-19(11-24(27)33)39-7-6-37-13-17(12-30)14-37/h2-3,9-11,16-17,20,26,36,38H,4-8,12-15H2,1H3/t16-,20?,26-/m0/s1. The average molecular weight is 555 g/mol. The number of fused-ring (bicyclic) bond motifs is 3. The Labute approximate surface area is 223 Å². The molecule has 1 aromatic heterocycles. The van der Waals surface area contributed by atoms with Gasteiger partial charge < -0.3 is 14.8 Å². The molecule has 3 atom stereocenters. The number of rotatable bonds is 10. The van der Waals surface area contributed by atoms with E-state index < -0.39 is 48.2 Å². The zero-order valence-corrected chi connectivity index (χ0v) is 21.6. The Morgan fingerprint density at radius 1 is 1.10 bits per heavy atom. The highest BCUT2D eigenvalue weighted by Gasteiger charge is 2.42. The van der Waals surface area contributed by atoms with E-state index in [-0.39, 0.29) is 42.9 Å². The van der Waals surface area contributed by atoms with Crippen molar-refractivity contribution in [3.63, 3.8) is 0 Å². The lowest BCUT2D eigenvalue weighted by molar-refractivity contribution is -0.0621. The molecule has 0 spiro atoms. The van der Waals surface area contributed by atoms with Crippen LogP contribution < -0.4 is 4.74 Å². The fourth-order valence-electron chi connectivity index (χ4n) is 6.20. The van der Waals surface area contributed by atoms with E-state index in [1.807, 2.05) is 11.8 Å². The molecule has 1 aliphatic carbocycles. The third kappa shape index (κ3) is 5.63. The van der Waals surface area contributed by atoms with Crippen molar-refractivity contribution < 1.29 is 36.2 Å². The first kappa shape index (κ1) is 27.8. The van der Waals surface area contributed by atoms with Crippen LogP contribution in [0.4, 0.5) is 26.3 Å². The number of aliphatic hydroxyl groups excluding tert-OH is 1. The first-order chi connectivity index (χ1) is 18.6. The fraction of sp³-hybridized carbons (Fsp3) is 0.517. The van der Waals surface area contributed by atoms with Crippen molar-refractivity contribution in [3.8, 4) is 5.75 Å². The molecule has 2 aliphatic rings. The van der Waals surface area contributed by atoms with Gasteiger partial charge in [0.05, 0.1) is 6.67 Å². The van der Waals surface area contributed by atoms with Gasteiger partial charge in [0.25, 0.3) is 5.92 Å². The highest BCUT2D eigenvalue weighted by molar-refractivity contribution is 5.85. The Morgan fingerprint density at radius 2 is 1.82 bits per heavy atom. The number of nitrogens with zero attached hydrogens (tertiary/aromatic N) is 1. The van der Waals surface area contributed by atoms with E-state index in [0.29, 0.717) is 48.2 Å². The minimum absolute atomic E-state index is 0.00229. The molecular formula is C29H32F6N2O2. The maximum atomic E-state index is 15.7. The lowest BCUT2D eigenvalue weighted by Gasteiger charge is -2.38. The average Bonchev–Trinajstić information content (AvgIpc) is 3.21. The topological polar surface area (TPSA) is 48.5 Å². The summed E-state index contributed by atoms with van der Waals surface area (Å²) in [6.07, 6.45) is -0.284. The van der Waals surface area contributed by atoms with E-state index in [9.17, 15) is 17.6 Å². The van der Waals surface area contributed by atoms with E-state index in [1.54, 1.807) is 6.07 Å². The van der Waals surface area contributed by atoms with Crippen LogP contribution in [-0.4, -0.2) is 60.4 Å². The van der Waals surface area contributed by atoms with Crippen LogP contribution in [0.5, 0.6) is 5.75 Å². The van der Waals surface area contributed by atoms with E-state index >= 15 is 8.78 Å². The smallest absolute Gasteiger partial charge is 0.270 e. The number of ether oxygens (including phenoxy) is 1. The van der Waals surface area contributed by atoms with Gasteiger partial charge in [-0.2, -0.15) is 0 Å². The molecule has 10 heteroatoms. The van der Waals surface area contributed by atoms with Crippen molar-refractivity contribution in [1.29, 1.82) is 0 Å². The third-order valence-corrected chi connectivity index (χ3v) is 8.26. The summed E-state index contributed by atoms with van der Waals surface area (Å²) in [5, 5.41) is 9.67. The zero-order chi connectivity index (χ0) is 27.9. The third-order valence-electron chi connectivity index (χ3n) is 8.26. The van der Waals surface area contributed by atoms with Crippen molar-refractivity contribution in [1.82, 2.24) is 9.88 Å². The normalized spacial score (nSPS) is 22.2. The molecule has 2 aromatic carbocycles. The van der Waals surface area contributed by atoms with Gasteiger partial charge in [0.1, 0.15) is 36.4 Å². The highest BCUT2D eigenvalue weighted by Crippen LogP contribution is 2.49. The molecule has 1 saturated heterocycles. The molecule has 2 N–H and O–H groups in total. The van der Waals surface area contributed by atoms with Crippen LogP contribution in [0.3, 0.4) is 0 Å². The Hall–Kier alpha value is -2.72. The van der Waals surface area contributed by atoms with Gasteiger partial charge in [-0.25, -0.2) is 22.0 Å². The maximum Gasteiger partial charge on any atom is 0.270 e. The Balaban J connectivity index is 1.47. The van der Waals surface area contributed by atoms with Crippen molar-refractivity contribution in [2.24, 2.45) is 17.8 Å². The Morgan fingerprint density at radius 3 is 2.49 bits per heavy atom. The number of hydrogen-bond acceptors (Lipinski definition) is 3. The molecule has 1 unspecified atom stereocenters. The number of aliphatic hydroxyl groups is 1. The second-order valence-corrected chi connectivity index (χ2v) is 11.0. The molecule has 0 radical (unpaired) electrons. The molecular weight excluding hydrogens is 522 g/mol. The summed E-state index contributed by atoms with van der Waals surface area (Å²) < 4.78 is 91.7. The number of nitrogens with one attached hydrogen (secondary N) is 1. The van der Waals surface area contributed by atoms with Crippen molar-refractivity contribution >= 4 is 10.9 Å². The molecule has 4 nitrogen and oxygen atoms in total. The van der Waals surface area contributed by atoms with Crippen molar-refractivity contribution in [3.05, 3.63) is 64.6 Å². The van der Waals surface area contributed by atoms with Gasteiger partial charge in [0.2, 0.25) is 0 Å². The summed E-state index contributed by atoms with van der Waals surface area (Å²) >= 11 is 0. The van der Waals surface area contributed by atoms with Gasteiger partial charge in [0.15, 0.2) is 0 Å². The first-order valence-corrected chi connectivity index (χ1v) is 13.3. The molecule has 212 valence electrons. The van der Waals surface area contributed by atoms with Crippen LogP contribution in [0.25, 0.3) is 10.9 Å². The van der Waals surface area contributed by atoms with Crippen molar-refractivity contribution in [2.75, 3.05) is 39.5 Å². The molecule has 5 rings (SSSR count). The summed E-state index contributed by atoms with van der Waals surface area (Å²) in [7, 11) is 0. The van der Waals surface area contributed by atoms with E-state index in [4.69, 9.17) is 9.84 Å². The van der Waals surface area contributed by atoms with Gasteiger partial charge in [-0.1, -0.05) is 6.92 Å². The SMILES string of the molecule is C[C@H]1Cc2c([nH]c3ccc(F)cc23)[C@H](c2c(F)cc(OCCN3CC(CF)C3)cc2F)C1CCC(F)(F)CO. The minimum atomic E-state index is -3.32. The zero-order valence-electron chi connectivity index (χ0n) is 21.6. The van der Waals surface area contributed by atoms with Crippen LogP contribution in [0.15, 0.2) is 30.3 Å². The molecule has 0 amide bonds. The lowest BCUT2D eigenvalue weighted by Crippen LogP contribution is -2.49. The Kier molecular flexibility index (Phi) is 7.88. The predicted molar refractivity (Wildman–Crippen MR) is 135 cm³/mol. The van der Waals surface area contributed by atoms with Gasteiger partial charge in [0, 0.05) is 72.2 Å². The highest BCUT2D eigenvalue weighted by atomic mass is 19.3. The number of hydrogen-bond donors (Lipinski definition) is 2. The number of halogens is 6.